The maximum Gasteiger partial charge on any atom is 0.278 e. The number of hydrogen-bond donors (Lipinski definition) is 3. The lowest BCUT2D eigenvalue weighted by Gasteiger charge is -2.24. The molecule has 3 N–H and O–H groups in total. The van der Waals surface area contributed by atoms with Crippen LogP contribution in [-0.4, -0.2) is 63.7 Å². The van der Waals surface area contributed by atoms with E-state index in [4.69, 9.17) is 16.3 Å². The third-order valence-corrected chi connectivity index (χ3v) is 9.27. The van der Waals surface area contributed by atoms with Gasteiger partial charge in [0.25, 0.3) is 11.8 Å². The molecule has 0 aliphatic carbocycles. The van der Waals surface area contributed by atoms with Gasteiger partial charge in [-0.3, -0.25) is 14.4 Å². The Morgan fingerprint density at radius 1 is 0.942 bits per heavy atom. The van der Waals surface area contributed by atoms with Gasteiger partial charge in [-0.1, -0.05) is 63.4 Å². The highest BCUT2D eigenvalue weighted by Crippen LogP contribution is 2.29. The molecule has 3 aromatic carbocycles. The molecule has 0 bridgehead atoms. The number of benzene rings is 3. The number of carbonyl (C=O) groups is 3. The van der Waals surface area contributed by atoms with Crippen molar-refractivity contribution in [3.63, 3.8) is 0 Å². The van der Waals surface area contributed by atoms with E-state index in [0.29, 0.717) is 42.2 Å². The minimum Gasteiger partial charge on any atom is -0.480 e. The summed E-state index contributed by atoms with van der Waals surface area (Å²) in [6.07, 6.45) is 2.56. The molecule has 0 fully saturated rings. The Balaban J connectivity index is 1.88. The third kappa shape index (κ3) is 12.5. The summed E-state index contributed by atoms with van der Waals surface area (Å²) in [5.41, 5.74) is 3.33. The number of aliphatic imine (C=N–C) groups is 1. The number of ether oxygens (including phenoxy) is 1. The normalized spacial score (nSPS) is 12.6. The maximum absolute atomic E-state index is 13.8. The number of nitrogens with zero attached hydrogens (tertiary/aromatic N) is 2. The zero-order chi connectivity index (χ0) is 38.8. The standard InChI is InChI=1S/C39H52ClN5O6S/c1-10-12-13-34(51-33-19-14-25(3)22-27(33)5)37(47)42-28-15-17-30(40)32(24-28)44-38(48)35(36(46)39(6,7)8)43-31-18-16-29(23-26(31)4)45(11-2)21-20-41-52(9,49)50/h14-19,22-24,34,41H,10-13,20-21H2,1-9H3,(H,42,47)(H,44,48). The summed E-state index contributed by atoms with van der Waals surface area (Å²) in [5.74, 6) is -0.936. The molecule has 3 rings (SSSR count). The van der Waals surface area contributed by atoms with Crippen molar-refractivity contribution >= 4 is 67.7 Å². The molecule has 1 atom stereocenters. The lowest BCUT2D eigenvalue weighted by atomic mass is 9.87. The van der Waals surface area contributed by atoms with Crippen LogP contribution >= 0.6 is 11.6 Å². The second-order valence-corrected chi connectivity index (χ2v) is 16.2. The Kier molecular flexibility index (Phi) is 15.0. The van der Waals surface area contributed by atoms with Crippen molar-refractivity contribution in [2.75, 3.05) is 41.4 Å². The van der Waals surface area contributed by atoms with Gasteiger partial charge < -0.3 is 20.3 Å². The summed E-state index contributed by atoms with van der Waals surface area (Å²) in [6.45, 7) is 16.2. The molecular formula is C39H52ClN5O6S. The van der Waals surface area contributed by atoms with Crippen LogP contribution in [0, 0.1) is 26.2 Å². The number of sulfonamides is 1. The van der Waals surface area contributed by atoms with Gasteiger partial charge in [0.2, 0.25) is 10.0 Å². The Labute approximate surface area is 313 Å². The first-order valence-corrected chi connectivity index (χ1v) is 19.7. The molecule has 0 radical (unpaired) electrons. The van der Waals surface area contributed by atoms with Gasteiger partial charge in [-0.15, -0.1) is 0 Å². The van der Waals surface area contributed by atoms with E-state index in [-0.39, 0.29) is 28.9 Å². The number of aryl methyl sites for hydroxylation is 3. The van der Waals surface area contributed by atoms with Gasteiger partial charge in [-0.2, -0.15) is 0 Å². The fourth-order valence-electron chi connectivity index (χ4n) is 5.30. The zero-order valence-corrected chi connectivity index (χ0v) is 33.2. The first-order valence-electron chi connectivity index (χ1n) is 17.4. The van der Waals surface area contributed by atoms with Crippen molar-refractivity contribution in [2.24, 2.45) is 10.4 Å². The molecule has 0 heterocycles. The molecule has 0 aliphatic rings. The molecule has 0 aliphatic heterocycles. The van der Waals surface area contributed by atoms with Crippen molar-refractivity contribution in [2.45, 2.75) is 80.8 Å². The predicted molar refractivity (Wildman–Crippen MR) is 212 cm³/mol. The van der Waals surface area contributed by atoms with Gasteiger partial charge >= 0.3 is 0 Å². The Hall–Kier alpha value is -4.26. The summed E-state index contributed by atoms with van der Waals surface area (Å²) >= 11 is 6.51. The number of anilines is 3. The predicted octanol–water partition coefficient (Wildman–Crippen LogP) is 7.54. The number of Topliss-reactive ketones (excluding diaryl/α,β-unsaturated/α-hetero) is 1. The fraction of sp³-hybridized carbons (Fsp3) is 0.436. The molecule has 11 nitrogen and oxygen atoms in total. The average molecular weight is 754 g/mol. The van der Waals surface area contributed by atoms with Crippen LogP contribution in [0.5, 0.6) is 5.75 Å². The molecule has 3 aromatic rings. The van der Waals surface area contributed by atoms with Crippen molar-refractivity contribution in [1.82, 2.24) is 4.72 Å². The minimum absolute atomic E-state index is 0.188. The number of unbranched alkanes of at least 4 members (excludes halogenated alkanes) is 1. The summed E-state index contributed by atoms with van der Waals surface area (Å²) in [6, 6.07) is 15.9. The highest BCUT2D eigenvalue weighted by molar-refractivity contribution is 7.88. The van der Waals surface area contributed by atoms with Crippen LogP contribution in [0.3, 0.4) is 0 Å². The smallest absolute Gasteiger partial charge is 0.278 e. The number of ketones is 1. The van der Waals surface area contributed by atoms with Gasteiger partial charge in [0, 0.05) is 36.4 Å². The van der Waals surface area contributed by atoms with Crippen LogP contribution in [0.1, 0.15) is 70.6 Å². The molecular weight excluding hydrogens is 702 g/mol. The monoisotopic (exact) mass is 753 g/mol. The van der Waals surface area contributed by atoms with Gasteiger partial charge in [0.1, 0.15) is 5.75 Å². The van der Waals surface area contributed by atoms with Gasteiger partial charge in [0.15, 0.2) is 17.6 Å². The Bertz CT molecular complexity index is 1910. The second kappa shape index (κ2) is 18.5. The quantitative estimate of drug-likeness (QED) is 0.0954. The molecule has 13 heteroatoms. The van der Waals surface area contributed by atoms with E-state index in [0.717, 1.165) is 35.9 Å². The number of hydrogen-bond acceptors (Lipinski definition) is 8. The van der Waals surface area contributed by atoms with Crippen LogP contribution in [0.4, 0.5) is 22.7 Å². The fourth-order valence-corrected chi connectivity index (χ4v) is 5.93. The summed E-state index contributed by atoms with van der Waals surface area (Å²) in [4.78, 5) is 47.5. The van der Waals surface area contributed by atoms with Crippen molar-refractivity contribution in [1.29, 1.82) is 0 Å². The summed E-state index contributed by atoms with van der Waals surface area (Å²) in [5, 5.41) is 5.84. The van der Waals surface area contributed by atoms with E-state index >= 15 is 0 Å². The highest BCUT2D eigenvalue weighted by Gasteiger charge is 2.32. The summed E-state index contributed by atoms with van der Waals surface area (Å²) in [7, 11) is -3.32. The number of likely N-dealkylation sites (N-methyl/N-ethyl adjacent to an activating group) is 1. The molecule has 0 spiro atoms. The van der Waals surface area contributed by atoms with Crippen LogP contribution in [0.2, 0.25) is 5.02 Å². The topological polar surface area (TPSA) is 146 Å². The average Bonchev–Trinajstić information content (AvgIpc) is 3.05. The van der Waals surface area contributed by atoms with Crippen molar-refractivity contribution < 1.29 is 27.5 Å². The van der Waals surface area contributed by atoms with Gasteiger partial charge in [-0.25, -0.2) is 18.1 Å². The minimum atomic E-state index is -3.32. The first kappa shape index (κ1) is 42.2. The van der Waals surface area contributed by atoms with E-state index in [1.165, 1.54) is 6.07 Å². The SMILES string of the molecule is CCCCC(Oc1ccc(C)cc1C)C(=O)Nc1ccc(Cl)c(NC(=O)C(=Nc2ccc(N(CC)CCNS(C)(=O)=O)cc2C)C(=O)C(C)(C)C)c1. The third-order valence-electron chi connectivity index (χ3n) is 8.21. The lowest BCUT2D eigenvalue weighted by molar-refractivity contribution is -0.123. The zero-order valence-electron chi connectivity index (χ0n) is 31.6. The molecule has 0 aromatic heterocycles. The molecule has 0 saturated carbocycles. The van der Waals surface area contributed by atoms with Crippen LogP contribution in [0.25, 0.3) is 0 Å². The molecule has 52 heavy (non-hydrogen) atoms. The van der Waals surface area contributed by atoms with Gasteiger partial charge in [-0.05, 0) is 94.1 Å². The highest BCUT2D eigenvalue weighted by atomic mass is 35.5. The number of rotatable bonds is 17. The van der Waals surface area contributed by atoms with E-state index in [1.54, 1.807) is 39.0 Å². The Morgan fingerprint density at radius 2 is 1.65 bits per heavy atom. The van der Waals surface area contributed by atoms with E-state index in [2.05, 4.69) is 20.3 Å². The maximum atomic E-state index is 13.8. The van der Waals surface area contributed by atoms with E-state index in [1.807, 2.05) is 69.9 Å². The number of carbonyl (C=O) groups excluding carboxylic acids is 3. The van der Waals surface area contributed by atoms with E-state index < -0.39 is 33.2 Å². The number of amides is 2. The Morgan fingerprint density at radius 3 is 2.25 bits per heavy atom. The summed E-state index contributed by atoms with van der Waals surface area (Å²) < 4.78 is 31.7. The molecule has 282 valence electrons. The van der Waals surface area contributed by atoms with E-state index in [9.17, 15) is 22.8 Å². The van der Waals surface area contributed by atoms with Crippen LogP contribution in [-0.2, 0) is 24.4 Å². The van der Waals surface area contributed by atoms with Crippen molar-refractivity contribution in [3.05, 3.63) is 76.3 Å². The van der Waals surface area contributed by atoms with Gasteiger partial charge in [0.05, 0.1) is 22.7 Å². The number of nitrogens with one attached hydrogen (secondary N) is 3. The molecule has 2 amide bonds. The lowest BCUT2D eigenvalue weighted by Crippen LogP contribution is -2.37. The number of halogens is 1. The molecule has 0 saturated heterocycles. The second-order valence-electron chi connectivity index (χ2n) is 13.9. The first-order chi connectivity index (χ1) is 24.3. The molecule has 1 unspecified atom stereocenters. The van der Waals surface area contributed by atoms with Crippen molar-refractivity contribution in [3.8, 4) is 5.75 Å². The van der Waals surface area contributed by atoms with Crippen LogP contribution in [0.15, 0.2) is 59.6 Å². The van der Waals surface area contributed by atoms with Crippen LogP contribution < -0.4 is 25.0 Å². The largest absolute Gasteiger partial charge is 0.480 e.